The van der Waals surface area contributed by atoms with Crippen molar-refractivity contribution < 1.29 is 9.53 Å². The van der Waals surface area contributed by atoms with Crippen molar-refractivity contribution in [2.24, 2.45) is 5.73 Å². The van der Waals surface area contributed by atoms with Gasteiger partial charge >= 0.3 is 0 Å². The molecule has 1 aromatic carbocycles. The van der Waals surface area contributed by atoms with E-state index in [4.69, 9.17) is 10.5 Å². The van der Waals surface area contributed by atoms with Crippen LogP contribution in [0, 0.1) is 6.92 Å². The normalized spacial score (nSPS) is 10.3. The highest BCUT2D eigenvalue weighted by molar-refractivity contribution is 5.92. The van der Waals surface area contributed by atoms with Crippen molar-refractivity contribution >= 4 is 11.6 Å². The third kappa shape index (κ3) is 4.22. The van der Waals surface area contributed by atoms with Crippen LogP contribution < -0.4 is 15.8 Å². The van der Waals surface area contributed by atoms with Crippen molar-refractivity contribution in [2.45, 2.75) is 26.7 Å². The van der Waals surface area contributed by atoms with Crippen molar-refractivity contribution in [3.05, 3.63) is 47.7 Å². The minimum atomic E-state index is -0.502. The highest BCUT2D eigenvalue weighted by Gasteiger charge is 2.05. The van der Waals surface area contributed by atoms with Gasteiger partial charge in [-0.15, -0.1) is 0 Å². The third-order valence-electron chi connectivity index (χ3n) is 3.27. The van der Waals surface area contributed by atoms with Crippen LogP contribution >= 0.6 is 0 Å². The molecule has 22 heavy (non-hydrogen) atoms. The monoisotopic (exact) mass is 299 g/mol. The lowest BCUT2D eigenvalue weighted by Crippen LogP contribution is -2.10. The molecule has 1 amide bonds. The topological polar surface area (TPSA) is 77.2 Å². The lowest BCUT2D eigenvalue weighted by atomic mass is 10.2. The number of ether oxygens (including phenoxy) is 1. The van der Waals surface area contributed by atoms with E-state index in [9.17, 15) is 4.79 Å². The Kier molecular flexibility index (Phi) is 5.36. The molecule has 0 bridgehead atoms. The number of amides is 1. The van der Waals surface area contributed by atoms with Gasteiger partial charge in [-0.2, -0.15) is 0 Å². The Morgan fingerprint density at radius 3 is 2.73 bits per heavy atom. The number of benzene rings is 1. The number of nitrogens with two attached hydrogens (primary N) is 1. The van der Waals surface area contributed by atoms with Gasteiger partial charge < -0.3 is 15.8 Å². The molecule has 0 aliphatic heterocycles. The molecule has 0 saturated heterocycles. The van der Waals surface area contributed by atoms with Gasteiger partial charge in [0.2, 0.25) is 11.8 Å². The highest BCUT2D eigenvalue weighted by Crippen LogP contribution is 2.26. The third-order valence-corrected chi connectivity index (χ3v) is 3.27. The molecule has 1 aromatic heterocycles. The summed E-state index contributed by atoms with van der Waals surface area (Å²) in [5, 5.41) is 3.37. The first-order valence-electron chi connectivity index (χ1n) is 7.38. The Morgan fingerprint density at radius 1 is 1.32 bits per heavy atom. The summed E-state index contributed by atoms with van der Waals surface area (Å²) in [7, 11) is 0. The molecule has 0 aliphatic carbocycles. The van der Waals surface area contributed by atoms with Crippen LogP contribution in [-0.4, -0.2) is 17.4 Å². The zero-order valence-electron chi connectivity index (χ0n) is 12.9. The van der Waals surface area contributed by atoms with E-state index in [0.29, 0.717) is 11.4 Å². The molecular weight excluding hydrogens is 278 g/mol. The lowest BCUT2D eigenvalue weighted by Gasteiger charge is -2.11. The SMILES string of the molecule is CCCCNc1ccc(Oc2ccc(C(N)=O)cn2)c(C)c1. The summed E-state index contributed by atoms with van der Waals surface area (Å²) < 4.78 is 5.73. The standard InChI is InChI=1S/C17H21N3O2/c1-3-4-9-19-14-6-7-15(12(2)10-14)22-16-8-5-13(11-20-16)17(18)21/h5-8,10-11,19H,3-4,9H2,1-2H3,(H2,18,21). The zero-order valence-corrected chi connectivity index (χ0v) is 12.9. The number of nitrogens with zero attached hydrogens (tertiary/aromatic N) is 1. The van der Waals surface area contributed by atoms with E-state index in [2.05, 4.69) is 17.2 Å². The molecule has 5 heteroatoms. The molecule has 3 N–H and O–H groups in total. The van der Waals surface area contributed by atoms with Crippen LogP contribution in [-0.2, 0) is 0 Å². The van der Waals surface area contributed by atoms with Gasteiger partial charge in [-0.05, 0) is 43.2 Å². The number of hydrogen-bond acceptors (Lipinski definition) is 4. The maximum absolute atomic E-state index is 11.0. The van der Waals surface area contributed by atoms with Crippen molar-refractivity contribution in [1.29, 1.82) is 0 Å². The van der Waals surface area contributed by atoms with E-state index in [0.717, 1.165) is 30.0 Å². The van der Waals surface area contributed by atoms with Gasteiger partial charge in [-0.3, -0.25) is 4.79 Å². The van der Waals surface area contributed by atoms with Crippen LogP contribution in [0.25, 0.3) is 0 Å². The maximum Gasteiger partial charge on any atom is 0.250 e. The molecule has 0 fully saturated rings. The number of nitrogens with one attached hydrogen (secondary N) is 1. The van der Waals surface area contributed by atoms with Gasteiger partial charge in [0.05, 0.1) is 5.56 Å². The second-order valence-corrected chi connectivity index (χ2v) is 5.11. The summed E-state index contributed by atoms with van der Waals surface area (Å²) in [5.74, 6) is 0.665. The van der Waals surface area contributed by atoms with Crippen molar-refractivity contribution in [1.82, 2.24) is 4.98 Å². The second-order valence-electron chi connectivity index (χ2n) is 5.11. The molecule has 0 atom stereocenters. The summed E-state index contributed by atoms with van der Waals surface area (Å²) >= 11 is 0. The predicted octanol–water partition coefficient (Wildman–Crippen LogP) is 3.49. The second kappa shape index (κ2) is 7.45. The predicted molar refractivity (Wildman–Crippen MR) is 87.4 cm³/mol. The van der Waals surface area contributed by atoms with Crippen LogP contribution in [0.5, 0.6) is 11.6 Å². The fourth-order valence-electron chi connectivity index (χ4n) is 1.98. The van der Waals surface area contributed by atoms with E-state index < -0.39 is 5.91 Å². The molecule has 0 radical (unpaired) electrons. The minimum Gasteiger partial charge on any atom is -0.439 e. The van der Waals surface area contributed by atoms with E-state index in [1.165, 1.54) is 12.6 Å². The minimum absolute atomic E-state index is 0.361. The van der Waals surface area contributed by atoms with Gasteiger partial charge in [0.1, 0.15) is 5.75 Å². The van der Waals surface area contributed by atoms with Crippen LogP contribution in [0.2, 0.25) is 0 Å². The molecule has 5 nitrogen and oxygen atoms in total. The number of anilines is 1. The van der Waals surface area contributed by atoms with Crippen molar-refractivity contribution in [3.8, 4) is 11.6 Å². The first-order valence-corrected chi connectivity index (χ1v) is 7.38. The van der Waals surface area contributed by atoms with Crippen LogP contribution in [0.15, 0.2) is 36.5 Å². The Morgan fingerprint density at radius 2 is 2.14 bits per heavy atom. The highest BCUT2D eigenvalue weighted by atomic mass is 16.5. The lowest BCUT2D eigenvalue weighted by molar-refractivity contribution is 0.1000. The average molecular weight is 299 g/mol. The number of carbonyl (C=O) groups is 1. The molecule has 2 aromatic rings. The quantitative estimate of drug-likeness (QED) is 0.767. The van der Waals surface area contributed by atoms with Gasteiger partial charge in [-0.1, -0.05) is 13.3 Å². The number of rotatable bonds is 7. The largest absolute Gasteiger partial charge is 0.439 e. The van der Waals surface area contributed by atoms with Crippen molar-refractivity contribution in [2.75, 3.05) is 11.9 Å². The summed E-state index contributed by atoms with van der Waals surface area (Å²) in [6.45, 7) is 5.12. The Balaban J connectivity index is 2.04. The van der Waals surface area contributed by atoms with Gasteiger partial charge in [0, 0.05) is 24.5 Å². The van der Waals surface area contributed by atoms with E-state index in [1.807, 2.05) is 25.1 Å². The molecule has 116 valence electrons. The fourth-order valence-corrected chi connectivity index (χ4v) is 1.98. The molecule has 2 rings (SSSR count). The van der Waals surface area contributed by atoms with E-state index in [-0.39, 0.29) is 0 Å². The number of aromatic nitrogens is 1. The van der Waals surface area contributed by atoms with Crippen LogP contribution in [0.3, 0.4) is 0 Å². The van der Waals surface area contributed by atoms with Crippen LogP contribution in [0.4, 0.5) is 5.69 Å². The fraction of sp³-hybridized carbons (Fsp3) is 0.294. The smallest absolute Gasteiger partial charge is 0.250 e. The average Bonchev–Trinajstić information content (AvgIpc) is 2.51. The summed E-state index contributed by atoms with van der Waals surface area (Å²) in [4.78, 5) is 15.1. The molecule has 1 heterocycles. The maximum atomic E-state index is 11.0. The number of aryl methyl sites for hydroxylation is 1. The summed E-state index contributed by atoms with van der Waals surface area (Å²) in [6.07, 6.45) is 3.72. The summed E-state index contributed by atoms with van der Waals surface area (Å²) in [5.41, 5.74) is 7.64. The number of pyridine rings is 1. The number of hydrogen-bond donors (Lipinski definition) is 2. The Labute approximate surface area is 130 Å². The number of unbranched alkanes of at least 4 members (excludes halogenated alkanes) is 1. The first kappa shape index (κ1) is 15.8. The van der Waals surface area contributed by atoms with Gasteiger partial charge in [0.15, 0.2) is 0 Å². The molecule has 0 unspecified atom stereocenters. The number of carbonyl (C=O) groups excluding carboxylic acids is 1. The van der Waals surface area contributed by atoms with E-state index in [1.54, 1.807) is 12.1 Å². The molecule has 0 aliphatic rings. The molecular formula is C17H21N3O2. The van der Waals surface area contributed by atoms with Crippen molar-refractivity contribution in [3.63, 3.8) is 0 Å². The number of primary amides is 1. The first-order chi connectivity index (χ1) is 10.6. The van der Waals surface area contributed by atoms with Gasteiger partial charge in [-0.25, -0.2) is 4.98 Å². The van der Waals surface area contributed by atoms with Gasteiger partial charge in [0.25, 0.3) is 0 Å². The Bertz CT molecular complexity index is 639. The summed E-state index contributed by atoms with van der Waals surface area (Å²) in [6, 6.07) is 9.17. The Hall–Kier alpha value is -2.56. The molecule has 0 spiro atoms. The van der Waals surface area contributed by atoms with E-state index >= 15 is 0 Å². The molecule has 0 saturated carbocycles. The van der Waals surface area contributed by atoms with Crippen LogP contribution in [0.1, 0.15) is 35.7 Å². The zero-order chi connectivity index (χ0) is 15.9.